The van der Waals surface area contributed by atoms with Crippen molar-refractivity contribution >= 4 is 70.4 Å². The van der Waals surface area contributed by atoms with Crippen LogP contribution >= 0.6 is 11.3 Å². The van der Waals surface area contributed by atoms with Gasteiger partial charge in [0.05, 0.1) is 16.7 Å². The van der Waals surface area contributed by atoms with Gasteiger partial charge in [-0.05, 0) is 100 Å². The summed E-state index contributed by atoms with van der Waals surface area (Å²) in [6.45, 7) is 0. The summed E-state index contributed by atoms with van der Waals surface area (Å²) < 4.78 is 5.10. The standard InChI is InChI=1S/C54H36N2S/c1-3-14-37(15-4-1)38-28-30-39(31-29-38)40-32-34-43(35-33-40)55(42-17-5-2-6-18-42)44-19-11-16-41(36-44)45-22-12-24-49-53(45)46-20-7-9-23-48(46)56(49)50-25-13-27-52-54(50)47-21-8-10-26-51(47)57-52/h1-36H. The lowest BCUT2D eigenvalue weighted by Gasteiger charge is -2.26. The Labute approximate surface area is 335 Å². The van der Waals surface area contributed by atoms with E-state index >= 15 is 0 Å². The second-order valence-corrected chi connectivity index (χ2v) is 15.6. The van der Waals surface area contributed by atoms with E-state index in [1.165, 1.54) is 81.0 Å². The van der Waals surface area contributed by atoms with Gasteiger partial charge in [0.1, 0.15) is 0 Å². The molecule has 0 amide bonds. The highest BCUT2D eigenvalue weighted by molar-refractivity contribution is 7.25. The Morgan fingerprint density at radius 1 is 0.333 bits per heavy atom. The van der Waals surface area contributed by atoms with Crippen molar-refractivity contribution < 1.29 is 0 Å². The molecule has 3 heteroatoms. The number of para-hydroxylation sites is 2. The van der Waals surface area contributed by atoms with Gasteiger partial charge in [-0.25, -0.2) is 0 Å². The third kappa shape index (κ3) is 5.71. The zero-order valence-electron chi connectivity index (χ0n) is 31.1. The number of anilines is 3. The van der Waals surface area contributed by atoms with Crippen molar-refractivity contribution in [3.8, 4) is 39.1 Å². The largest absolute Gasteiger partial charge is 0.310 e. The molecular formula is C54H36N2S. The molecule has 0 bridgehead atoms. The predicted octanol–water partition coefficient (Wildman–Crippen LogP) is 15.6. The summed E-state index contributed by atoms with van der Waals surface area (Å²) in [6, 6.07) is 79.2. The number of nitrogens with zero attached hydrogens (tertiary/aromatic N) is 2. The van der Waals surface area contributed by atoms with Crippen molar-refractivity contribution in [2.75, 3.05) is 4.90 Å². The Hall–Kier alpha value is -7.20. The molecule has 268 valence electrons. The Kier molecular flexibility index (Phi) is 8.04. The number of rotatable bonds is 7. The molecule has 0 aliphatic rings. The molecule has 0 unspecified atom stereocenters. The zero-order chi connectivity index (χ0) is 37.7. The SMILES string of the molecule is c1ccc(-c2ccc(-c3ccc(N(c4ccccc4)c4cccc(-c5cccc6c5c5ccccc5n6-c5cccc6sc7ccccc7c56)c4)cc3)cc2)cc1. The molecule has 0 N–H and O–H groups in total. The summed E-state index contributed by atoms with van der Waals surface area (Å²) in [6.07, 6.45) is 0. The summed E-state index contributed by atoms with van der Waals surface area (Å²) in [5, 5.41) is 5.12. The number of thiophene rings is 1. The highest BCUT2D eigenvalue weighted by Gasteiger charge is 2.20. The van der Waals surface area contributed by atoms with E-state index < -0.39 is 0 Å². The second-order valence-electron chi connectivity index (χ2n) is 14.5. The molecule has 57 heavy (non-hydrogen) atoms. The topological polar surface area (TPSA) is 8.17 Å². The van der Waals surface area contributed by atoms with Gasteiger partial charge in [-0.3, -0.25) is 0 Å². The smallest absolute Gasteiger partial charge is 0.0555 e. The maximum absolute atomic E-state index is 2.48. The average Bonchev–Trinajstić information content (AvgIpc) is 3.84. The maximum atomic E-state index is 2.48. The Balaban J connectivity index is 1.03. The molecule has 0 aliphatic carbocycles. The fraction of sp³-hybridized carbons (Fsp3) is 0. The number of aromatic nitrogens is 1. The van der Waals surface area contributed by atoms with Gasteiger partial charge in [0, 0.05) is 48.0 Å². The first-order valence-electron chi connectivity index (χ1n) is 19.4. The van der Waals surface area contributed by atoms with Crippen LogP contribution in [0.15, 0.2) is 218 Å². The van der Waals surface area contributed by atoms with Crippen molar-refractivity contribution in [3.05, 3.63) is 218 Å². The zero-order valence-corrected chi connectivity index (χ0v) is 31.9. The maximum Gasteiger partial charge on any atom is 0.0555 e. The monoisotopic (exact) mass is 744 g/mol. The molecule has 0 atom stereocenters. The first-order valence-corrected chi connectivity index (χ1v) is 20.2. The normalized spacial score (nSPS) is 11.5. The molecule has 11 aromatic rings. The van der Waals surface area contributed by atoms with E-state index in [0.717, 1.165) is 17.1 Å². The molecule has 9 aromatic carbocycles. The van der Waals surface area contributed by atoms with Crippen LogP contribution in [0.3, 0.4) is 0 Å². The first-order chi connectivity index (χ1) is 28.3. The molecule has 0 saturated carbocycles. The molecule has 0 spiro atoms. The Morgan fingerprint density at radius 3 is 1.63 bits per heavy atom. The minimum absolute atomic E-state index is 1.11. The van der Waals surface area contributed by atoms with Crippen LogP contribution < -0.4 is 4.90 Å². The number of hydrogen-bond acceptors (Lipinski definition) is 2. The van der Waals surface area contributed by atoms with Gasteiger partial charge in [-0.2, -0.15) is 0 Å². The van der Waals surface area contributed by atoms with Gasteiger partial charge in [-0.15, -0.1) is 11.3 Å². The Morgan fingerprint density at radius 2 is 0.860 bits per heavy atom. The lowest BCUT2D eigenvalue weighted by molar-refractivity contribution is 1.20. The van der Waals surface area contributed by atoms with E-state index in [2.05, 4.69) is 228 Å². The fourth-order valence-corrected chi connectivity index (χ4v) is 9.71. The van der Waals surface area contributed by atoms with Crippen LogP contribution in [-0.4, -0.2) is 4.57 Å². The second kappa shape index (κ2) is 13.8. The molecule has 2 heterocycles. The highest BCUT2D eigenvalue weighted by Crippen LogP contribution is 2.44. The Bertz CT molecular complexity index is 3210. The highest BCUT2D eigenvalue weighted by atomic mass is 32.1. The van der Waals surface area contributed by atoms with Gasteiger partial charge in [0.15, 0.2) is 0 Å². The van der Waals surface area contributed by atoms with Gasteiger partial charge < -0.3 is 9.47 Å². The van der Waals surface area contributed by atoms with E-state index in [9.17, 15) is 0 Å². The van der Waals surface area contributed by atoms with Crippen LogP contribution in [0, 0.1) is 0 Å². The van der Waals surface area contributed by atoms with Crippen LogP contribution in [0.2, 0.25) is 0 Å². The fourth-order valence-electron chi connectivity index (χ4n) is 8.59. The summed E-state index contributed by atoms with van der Waals surface area (Å²) in [5.41, 5.74) is 14.2. The lowest BCUT2D eigenvalue weighted by atomic mass is 9.98. The van der Waals surface area contributed by atoms with Crippen LogP contribution in [0.1, 0.15) is 0 Å². The van der Waals surface area contributed by atoms with Crippen molar-refractivity contribution in [2.24, 2.45) is 0 Å². The molecule has 0 radical (unpaired) electrons. The number of fused-ring (bicyclic) bond motifs is 6. The van der Waals surface area contributed by atoms with E-state index in [1.54, 1.807) is 0 Å². The number of benzene rings is 9. The molecule has 0 saturated heterocycles. The predicted molar refractivity (Wildman–Crippen MR) is 245 cm³/mol. The summed E-state index contributed by atoms with van der Waals surface area (Å²) in [5.74, 6) is 0. The molecule has 2 nitrogen and oxygen atoms in total. The van der Waals surface area contributed by atoms with E-state index in [0.29, 0.717) is 0 Å². The van der Waals surface area contributed by atoms with E-state index in [4.69, 9.17) is 0 Å². The summed E-state index contributed by atoms with van der Waals surface area (Å²) in [7, 11) is 0. The van der Waals surface area contributed by atoms with Crippen LogP contribution in [0.25, 0.3) is 81.0 Å². The first kappa shape index (κ1) is 33.2. The average molecular weight is 745 g/mol. The molecular weight excluding hydrogens is 709 g/mol. The molecule has 11 rings (SSSR count). The minimum Gasteiger partial charge on any atom is -0.310 e. The van der Waals surface area contributed by atoms with Crippen LogP contribution in [-0.2, 0) is 0 Å². The van der Waals surface area contributed by atoms with Gasteiger partial charge in [-0.1, -0.05) is 152 Å². The molecule has 0 fully saturated rings. The molecule has 2 aromatic heterocycles. The number of hydrogen-bond donors (Lipinski definition) is 0. The summed E-state index contributed by atoms with van der Waals surface area (Å²) >= 11 is 1.87. The van der Waals surface area contributed by atoms with Gasteiger partial charge in [0.25, 0.3) is 0 Å². The van der Waals surface area contributed by atoms with Crippen molar-refractivity contribution in [2.45, 2.75) is 0 Å². The minimum atomic E-state index is 1.11. The van der Waals surface area contributed by atoms with Crippen molar-refractivity contribution in [3.63, 3.8) is 0 Å². The third-order valence-corrected chi connectivity index (χ3v) is 12.3. The summed E-state index contributed by atoms with van der Waals surface area (Å²) in [4.78, 5) is 2.36. The van der Waals surface area contributed by atoms with E-state index in [1.807, 2.05) is 11.3 Å². The van der Waals surface area contributed by atoms with Crippen molar-refractivity contribution in [1.82, 2.24) is 4.57 Å². The van der Waals surface area contributed by atoms with E-state index in [-0.39, 0.29) is 0 Å². The van der Waals surface area contributed by atoms with Crippen LogP contribution in [0.4, 0.5) is 17.1 Å². The van der Waals surface area contributed by atoms with Gasteiger partial charge >= 0.3 is 0 Å². The van der Waals surface area contributed by atoms with Crippen LogP contribution in [0.5, 0.6) is 0 Å². The lowest BCUT2D eigenvalue weighted by Crippen LogP contribution is -2.09. The molecule has 0 aliphatic heterocycles. The van der Waals surface area contributed by atoms with Crippen molar-refractivity contribution in [1.29, 1.82) is 0 Å². The third-order valence-electron chi connectivity index (χ3n) is 11.2. The van der Waals surface area contributed by atoms with Gasteiger partial charge in [0.2, 0.25) is 0 Å². The quantitative estimate of drug-likeness (QED) is 0.158.